The number of imidazole rings is 1. The molecule has 3 unspecified atom stereocenters. The fraction of sp³-hybridized carbons (Fsp3) is 0.450. The summed E-state index contributed by atoms with van der Waals surface area (Å²) in [5.41, 5.74) is 0.976. The number of nitrogens with one attached hydrogen (secondary N) is 1. The van der Waals surface area contributed by atoms with E-state index >= 15 is 0 Å². The summed E-state index contributed by atoms with van der Waals surface area (Å²) < 4.78 is 42.5. The third-order valence-electron chi connectivity index (χ3n) is 5.89. The second kappa shape index (κ2) is 7.49. The van der Waals surface area contributed by atoms with Crippen LogP contribution < -0.4 is 0 Å². The minimum atomic E-state index is -4.57. The highest BCUT2D eigenvalue weighted by atomic mass is 32.1. The molecule has 7 nitrogen and oxygen atoms in total. The molecule has 0 aliphatic heterocycles. The quantitative estimate of drug-likeness (QED) is 0.512. The molecule has 3 N–H and O–H groups in total. The highest BCUT2D eigenvalue weighted by Gasteiger charge is 2.37. The van der Waals surface area contributed by atoms with E-state index in [4.69, 9.17) is 12.2 Å². The van der Waals surface area contributed by atoms with Crippen LogP contribution >= 0.6 is 12.2 Å². The van der Waals surface area contributed by atoms with Crippen molar-refractivity contribution in [3.05, 3.63) is 46.5 Å². The van der Waals surface area contributed by atoms with Crippen molar-refractivity contribution in [2.24, 2.45) is 18.9 Å². The molecule has 0 radical (unpaired) electrons. The van der Waals surface area contributed by atoms with E-state index in [0.29, 0.717) is 23.4 Å². The van der Waals surface area contributed by atoms with Crippen molar-refractivity contribution in [2.45, 2.75) is 38.5 Å². The molecular formula is C20H22F3N5O2S. The lowest BCUT2D eigenvalue weighted by Gasteiger charge is -2.32. The summed E-state index contributed by atoms with van der Waals surface area (Å²) in [5.74, 6) is -1.03. The molecule has 166 valence electrons. The SMILES string of the molecule is CC(C)C1CC(c2n[nH]c(=S)n2-c2ccc3c(c2)nc(C(F)(F)F)n3C)C(O)=CC1O. The zero-order valence-corrected chi connectivity index (χ0v) is 17.9. The molecule has 3 aromatic rings. The van der Waals surface area contributed by atoms with Crippen molar-refractivity contribution in [3.8, 4) is 5.69 Å². The van der Waals surface area contributed by atoms with E-state index in [1.165, 1.54) is 19.2 Å². The summed E-state index contributed by atoms with van der Waals surface area (Å²) >= 11 is 5.37. The number of hydrogen-bond acceptors (Lipinski definition) is 5. The van der Waals surface area contributed by atoms with E-state index in [1.54, 1.807) is 16.7 Å². The molecule has 1 aliphatic carbocycles. The molecule has 0 saturated heterocycles. The first kappa shape index (κ1) is 21.6. The number of halogens is 3. The molecule has 0 bridgehead atoms. The summed E-state index contributed by atoms with van der Waals surface area (Å²) in [6.45, 7) is 3.98. The van der Waals surface area contributed by atoms with Gasteiger partial charge in [-0.1, -0.05) is 13.8 Å². The van der Waals surface area contributed by atoms with Crippen LogP contribution in [0.2, 0.25) is 0 Å². The average molecular weight is 453 g/mol. The first-order valence-corrected chi connectivity index (χ1v) is 10.2. The van der Waals surface area contributed by atoms with Gasteiger partial charge in [-0.15, -0.1) is 0 Å². The van der Waals surface area contributed by atoms with E-state index in [0.717, 1.165) is 4.57 Å². The lowest BCUT2D eigenvalue weighted by molar-refractivity contribution is -0.146. The number of rotatable bonds is 3. The fourth-order valence-electron chi connectivity index (χ4n) is 4.22. The first-order valence-electron chi connectivity index (χ1n) is 9.79. The van der Waals surface area contributed by atoms with Crippen LogP contribution in [0.1, 0.15) is 37.8 Å². The number of fused-ring (bicyclic) bond motifs is 1. The van der Waals surface area contributed by atoms with Crippen molar-refractivity contribution in [2.75, 3.05) is 0 Å². The van der Waals surface area contributed by atoms with Crippen LogP contribution in [0.3, 0.4) is 0 Å². The molecule has 0 saturated carbocycles. The zero-order valence-electron chi connectivity index (χ0n) is 17.1. The Morgan fingerprint density at radius 2 is 2.00 bits per heavy atom. The van der Waals surface area contributed by atoms with Gasteiger partial charge in [0.25, 0.3) is 0 Å². The van der Waals surface area contributed by atoms with E-state index in [2.05, 4.69) is 15.2 Å². The molecule has 2 heterocycles. The van der Waals surface area contributed by atoms with Crippen molar-refractivity contribution >= 4 is 23.3 Å². The molecule has 11 heteroatoms. The minimum absolute atomic E-state index is 0.0158. The monoisotopic (exact) mass is 453 g/mol. The summed E-state index contributed by atoms with van der Waals surface area (Å²) in [6, 6.07) is 4.69. The van der Waals surface area contributed by atoms with Gasteiger partial charge in [-0.2, -0.15) is 18.3 Å². The fourth-order valence-corrected chi connectivity index (χ4v) is 4.47. The van der Waals surface area contributed by atoms with Crippen LogP contribution in [0.5, 0.6) is 0 Å². The van der Waals surface area contributed by atoms with E-state index in [-0.39, 0.29) is 27.9 Å². The maximum absolute atomic E-state index is 13.2. The second-order valence-electron chi connectivity index (χ2n) is 8.17. The first-order chi connectivity index (χ1) is 14.5. The van der Waals surface area contributed by atoms with Crippen LogP contribution in [0.4, 0.5) is 13.2 Å². The van der Waals surface area contributed by atoms with Crippen molar-refractivity contribution in [1.29, 1.82) is 0 Å². The normalized spacial score (nSPS) is 22.3. The lowest BCUT2D eigenvalue weighted by atomic mass is 9.77. The topological polar surface area (TPSA) is 91.9 Å². The Morgan fingerprint density at radius 1 is 1.29 bits per heavy atom. The summed E-state index contributed by atoms with van der Waals surface area (Å²) in [5, 5.41) is 27.8. The Kier molecular flexibility index (Phi) is 5.21. The minimum Gasteiger partial charge on any atom is -0.512 e. The summed E-state index contributed by atoms with van der Waals surface area (Å²) in [4.78, 5) is 3.75. The number of hydrogen-bond donors (Lipinski definition) is 3. The van der Waals surface area contributed by atoms with Gasteiger partial charge in [0.05, 0.1) is 28.7 Å². The lowest BCUT2D eigenvalue weighted by Crippen LogP contribution is -2.31. The van der Waals surface area contributed by atoms with Crippen LogP contribution in [-0.4, -0.2) is 40.6 Å². The summed E-state index contributed by atoms with van der Waals surface area (Å²) in [7, 11) is 1.31. The Hall–Kier alpha value is -2.66. The largest absolute Gasteiger partial charge is 0.512 e. The number of H-pyrrole nitrogens is 1. The number of aromatic nitrogens is 5. The number of aromatic amines is 1. The van der Waals surface area contributed by atoms with Gasteiger partial charge in [0, 0.05) is 7.05 Å². The average Bonchev–Trinajstić information content (AvgIpc) is 3.21. The standard InChI is InChI=1S/C20H22F3N5O2S/c1-9(2)11-7-12(16(30)8-15(11)29)17-25-26-19(31)28(17)10-4-5-14-13(6-10)24-18(27(14)3)20(21,22)23/h4-6,8-9,11-12,15,29-30H,7H2,1-3H3,(H,26,31). The van der Waals surface area contributed by atoms with Crippen LogP contribution in [0.25, 0.3) is 16.7 Å². The van der Waals surface area contributed by atoms with E-state index in [1.807, 2.05) is 13.8 Å². The molecule has 2 aromatic heterocycles. The Labute approximate surface area is 180 Å². The number of aliphatic hydroxyl groups excluding tert-OH is 2. The van der Waals surface area contributed by atoms with Gasteiger partial charge in [-0.3, -0.25) is 9.67 Å². The van der Waals surface area contributed by atoms with Crippen LogP contribution in [0.15, 0.2) is 30.0 Å². The Morgan fingerprint density at radius 3 is 2.65 bits per heavy atom. The number of aryl methyl sites for hydroxylation is 1. The molecule has 3 atom stereocenters. The van der Waals surface area contributed by atoms with Gasteiger partial charge in [-0.25, -0.2) is 4.98 Å². The maximum Gasteiger partial charge on any atom is 0.449 e. The van der Waals surface area contributed by atoms with Gasteiger partial charge < -0.3 is 14.8 Å². The molecule has 0 amide bonds. The molecule has 0 spiro atoms. The predicted octanol–water partition coefficient (Wildman–Crippen LogP) is 4.40. The number of nitrogens with zero attached hydrogens (tertiary/aromatic N) is 4. The Bertz CT molecular complexity index is 1220. The zero-order chi connectivity index (χ0) is 22.7. The molecular weight excluding hydrogens is 431 g/mol. The molecule has 4 rings (SSSR count). The Balaban J connectivity index is 1.82. The number of allylic oxidation sites excluding steroid dienone is 1. The second-order valence-corrected chi connectivity index (χ2v) is 8.55. The number of aliphatic hydroxyl groups is 2. The van der Waals surface area contributed by atoms with Crippen LogP contribution in [0, 0.1) is 16.6 Å². The third kappa shape index (κ3) is 3.65. The van der Waals surface area contributed by atoms with Crippen molar-refractivity contribution in [3.63, 3.8) is 0 Å². The van der Waals surface area contributed by atoms with Crippen molar-refractivity contribution < 1.29 is 23.4 Å². The van der Waals surface area contributed by atoms with Crippen LogP contribution in [-0.2, 0) is 13.2 Å². The smallest absolute Gasteiger partial charge is 0.449 e. The third-order valence-corrected chi connectivity index (χ3v) is 6.16. The predicted molar refractivity (Wildman–Crippen MR) is 110 cm³/mol. The summed E-state index contributed by atoms with van der Waals surface area (Å²) in [6.07, 6.45) is -3.48. The van der Waals surface area contributed by atoms with E-state index < -0.39 is 24.0 Å². The molecule has 0 fully saturated rings. The number of alkyl halides is 3. The van der Waals surface area contributed by atoms with Gasteiger partial charge >= 0.3 is 6.18 Å². The van der Waals surface area contributed by atoms with Crippen molar-refractivity contribution in [1.82, 2.24) is 24.3 Å². The molecule has 31 heavy (non-hydrogen) atoms. The van der Waals surface area contributed by atoms with Gasteiger partial charge in [0.2, 0.25) is 5.82 Å². The molecule has 1 aliphatic rings. The van der Waals surface area contributed by atoms with E-state index in [9.17, 15) is 23.4 Å². The van der Waals surface area contributed by atoms with Gasteiger partial charge in [0.1, 0.15) is 11.6 Å². The number of benzene rings is 1. The maximum atomic E-state index is 13.2. The highest BCUT2D eigenvalue weighted by Crippen LogP contribution is 2.39. The molecule has 1 aromatic carbocycles. The highest BCUT2D eigenvalue weighted by molar-refractivity contribution is 7.71. The van der Waals surface area contributed by atoms with Gasteiger partial charge in [0.15, 0.2) is 4.77 Å². The van der Waals surface area contributed by atoms with Gasteiger partial charge in [-0.05, 0) is 54.7 Å².